The molecule has 128 valence electrons. The number of benzene rings is 1. The molecule has 4 fully saturated rings. The van der Waals surface area contributed by atoms with Crippen molar-refractivity contribution >= 4 is 27.5 Å². The number of amides is 1. The summed E-state index contributed by atoms with van der Waals surface area (Å²) < 4.78 is 0.339. The first kappa shape index (κ1) is 15.4. The van der Waals surface area contributed by atoms with Crippen molar-refractivity contribution in [2.45, 2.75) is 68.7 Å². The van der Waals surface area contributed by atoms with E-state index < -0.39 is 0 Å². The van der Waals surface area contributed by atoms with Crippen molar-refractivity contribution in [1.82, 2.24) is 0 Å². The molecule has 0 aromatic heterocycles. The number of carbonyl (C=O) groups is 1. The largest absolute Gasteiger partial charge is 0.309 e. The van der Waals surface area contributed by atoms with Crippen molar-refractivity contribution in [3.05, 3.63) is 29.8 Å². The summed E-state index contributed by atoms with van der Waals surface area (Å²) in [6.07, 6.45) is 9.62. The van der Waals surface area contributed by atoms with Gasteiger partial charge < -0.3 is 4.90 Å². The Morgan fingerprint density at radius 2 is 1.92 bits per heavy atom. The molecular formula is C21H26BrNO. The van der Waals surface area contributed by atoms with Crippen LogP contribution in [0.4, 0.5) is 5.69 Å². The van der Waals surface area contributed by atoms with Crippen LogP contribution in [0.5, 0.6) is 0 Å². The van der Waals surface area contributed by atoms with E-state index in [2.05, 4.69) is 52.0 Å². The molecule has 1 heterocycles. The zero-order valence-corrected chi connectivity index (χ0v) is 16.0. The number of nitrogens with zero attached hydrogens (tertiary/aromatic N) is 1. The molecule has 6 rings (SSSR count). The van der Waals surface area contributed by atoms with E-state index in [0.29, 0.717) is 16.3 Å². The van der Waals surface area contributed by atoms with Crippen molar-refractivity contribution in [3.8, 4) is 0 Å². The van der Waals surface area contributed by atoms with Crippen LogP contribution in [0.2, 0.25) is 0 Å². The van der Waals surface area contributed by atoms with Gasteiger partial charge in [0.2, 0.25) is 5.91 Å². The van der Waals surface area contributed by atoms with Gasteiger partial charge >= 0.3 is 0 Å². The molecule has 0 saturated heterocycles. The monoisotopic (exact) mass is 387 g/mol. The van der Waals surface area contributed by atoms with E-state index in [9.17, 15) is 4.79 Å². The Bertz CT molecular complexity index is 685. The van der Waals surface area contributed by atoms with E-state index >= 15 is 0 Å². The van der Waals surface area contributed by atoms with Gasteiger partial charge in [0.15, 0.2) is 0 Å². The molecular weight excluding hydrogens is 362 g/mol. The molecule has 4 bridgehead atoms. The van der Waals surface area contributed by atoms with Crippen molar-refractivity contribution in [2.75, 3.05) is 4.90 Å². The van der Waals surface area contributed by atoms with Gasteiger partial charge in [-0.1, -0.05) is 34.1 Å². The molecule has 5 atom stereocenters. The molecule has 3 heteroatoms. The molecule has 0 N–H and O–H groups in total. The number of hydrogen-bond donors (Lipinski definition) is 0. The van der Waals surface area contributed by atoms with Crippen LogP contribution in [0.3, 0.4) is 0 Å². The minimum absolute atomic E-state index is 0.266. The SMILES string of the molecule is C[C@@H]1Cc2ccccc2N1C(=O)CC12C[C@@H]3C[C@@H](CC(Br)(C3)C1)C2. The first-order valence-corrected chi connectivity index (χ1v) is 10.3. The molecule has 4 saturated carbocycles. The van der Waals surface area contributed by atoms with Gasteiger partial charge in [0.1, 0.15) is 0 Å². The van der Waals surface area contributed by atoms with Gasteiger partial charge in [-0.25, -0.2) is 0 Å². The van der Waals surface area contributed by atoms with Crippen LogP contribution < -0.4 is 4.90 Å². The van der Waals surface area contributed by atoms with E-state index in [1.54, 1.807) is 0 Å². The zero-order chi connectivity index (χ0) is 16.5. The normalized spacial score (nSPS) is 42.4. The molecule has 5 aliphatic rings. The van der Waals surface area contributed by atoms with Gasteiger partial charge in [0.25, 0.3) is 0 Å². The highest BCUT2D eigenvalue weighted by molar-refractivity contribution is 9.10. The van der Waals surface area contributed by atoms with Crippen molar-refractivity contribution in [1.29, 1.82) is 0 Å². The van der Waals surface area contributed by atoms with Crippen LogP contribution in [0.15, 0.2) is 24.3 Å². The molecule has 4 aliphatic carbocycles. The van der Waals surface area contributed by atoms with Crippen LogP contribution >= 0.6 is 15.9 Å². The molecule has 1 aromatic carbocycles. The van der Waals surface area contributed by atoms with Crippen LogP contribution in [0, 0.1) is 17.3 Å². The average molecular weight is 388 g/mol. The minimum atomic E-state index is 0.266. The van der Waals surface area contributed by atoms with E-state index in [4.69, 9.17) is 0 Å². The Kier molecular flexibility index (Phi) is 3.27. The van der Waals surface area contributed by atoms with Crippen LogP contribution in [-0.4, -0.2) is 16.3 Å². The fourth-order valence-electron chi connectivity index (χ4n) is 6.89. The van der Waals surface area contributed by atoms with Crippen LogP contribution in [0.25, 0.3) is 0 Å². The van der Waals surface area contributed by atoms with Gasteiger partial charge in [-0.3, -0.25) is 4.79 Å². The number of halogens is 1. The molecule has 2 unspecified atom stereocenters. The third-order valence-corrected chi connectivity index (χ3v) is 8.04. The lowest BCUT2D eigenvalue weighted by Crippen LogP contribution is -2.54. The van der Waals surface area contributed by atoms with Crippen molar-refractivity contribution in [2.24, 2.45) is 17.3 Å². The molecule has 2 nitrogen and oxygen atoms in total. The lowest BCUT2D eigenvalue weighted by atomic mass is 9.48. The Hall–Kier alpha value is -0.830. The number of anilines is 1. The fraction of sp³-hybridized carbons (Fsp3) is 0.667. The zero-order valence-electron chi connectivity index (χ0n) is 14.4. The summed E-state index contributed by atoms with van der Waals surface area (Å²) in [4.78, 5) is 15.4. The van der Waals surface area contributed by atoms with Crippen molar-refractivity contribution in [3.63, 3.8) is 0 Å². The third kappa shape index (κ3) is 2.30. The maximum atomic E-state index is 13.3. The molecule has 24 heavy (non-hydrogen) atoms. The molecule has 1 aliphatic heterocycles. The summed E-state index contributed by atoms with van der Waals surface area (Å²) in [5.41, 5.74) is 2.76. The highest BCUT2D eigenvalue weighted by atomic mass is 79.9. The second-order valence-corrected chi connectivity index (χ2v) is 10.9. The third-order valence-electron chi connectivity index (χ3n) is 7.11. The Labute approximate surface area is 153 Å². The number of carbonyl (C=O) groups excluding carboxylic acids is 1. The number of fused-ring (bicyclic) bond motifs is 1. The fourth-order valence-corrected chi connectivity index (χ4v) is 8.40. The van der Waals surface area contributed by atoms with E-state index in [1.807, 2.05) is 0 Å². The molecule has 0 spiro atoms. The van der Waals surface area contributed by atoms with Gasteiger partial charge in [0, 0.05) is 22.5 Å². The number of hydrogen-bond acceptors (Lipinski definition) is 1. The first-order chi connectivity index (χ1) is 11.5. The van der Waals surface area contributed by atoms with E-state index in [-0.39, 0.29) is 5.41 Å². The maximum Gasteiger partial charge on any atom is 0.227 e. The quantitative estimate of drug-likeness (QED) is 0.647. The summed E-state index contributed by atoms with van der Waals surface area (Å²) in [6.45, 7) is 2.20. The smallest absolute Gasteiger partial charge is 0.227 e. The number of rotatable bonds is 2. The van der Waals surface area contributed by atoms with E-state index in [1.165, 1.54) is 44.1 Å². The standard InChI is InChI=1S/C21H26BrNO/c1-14-6-17-4-2-3-5-18(17)23(14)19(24)12-20-8-15-7-16(9-20)11-21(22,10-15)13-20/h2-5,14-16H,6-13H2,1H3/t14-,15-,16+,20?,21?/m1/s1. The lowest BCUT2D eigenvalue weighted by Gasteiger charge is -2.60. The predicted molar refractivity (Wildman–Crippen MR) is 100 cm³/mol. The van der Waals surface area contributed by atoms with Crippen molar-refractivity contribution < 1.29 is 4.79 Å². The van der Waals surface area contributed by atoms with Gasteiger partial charge in [-0.15, -0.1) is 0 Å². The highest BCUT2D eigenvalue weighted by Crippen LogP contribution is 2.65. The summed E-state index contributed by atoms with van der Waals surface area (Å²) in [6, 6.07) is 8.77. The maximum absolute atomic E-state index is 13.3. The second-order valence-electron chi connectivity index (χ2n) is 9.23. The van der Waals surface area contributed by atoms with Gasteiger partial charge in [-0.2, -0.15) is 0 Å². The highest BCUT2D eigenvalue weighted by Gasteiger charge is 2.57. The van der Waals surface area contributed by atoms with Gasteiger partial charge in [0.05, 0.1) is 0 Å². The molecule has 1 aromatic rings. The summed E-state index contributed by atoms with van der Waals surface area (Å²) in [5, 5.41) is 0. The Balaban J connectivity index is 1.41. The number of para-hydroxylation sites is 1. The summed E-state index contributed by atoms with van der Waals surface area (Å²) >= 11 is 4.08. The lowest BCUT2D eigenvalue weighted by molar-refractivity contribution is -0.125. The second kappa shape index (κ2) is 5.09. The average Bonchev–Trinajstić information content (AvgIpc) is 2.79. The molecule has 0 radical (unpaired) electrons. The van der Waals surface area contributed by atoms with Gasteiger partial charge in [-0.05, 0) is 80.8 Å². The summed E-state index contributed by atoms with van der Waals surface area (Å²) in [5.74, 6) is 2.06. The molecule has 1 amide bonds. The van der Waals surface area contributed by atoms with Crippen LogP contribution in [0.1, 0.15) is 57.4 Å². The van der Waals surface area contributed by atoms with E-state index in [0.717, 1.165) is 30.4 Å². The first-order valence-electron chi connectivity index (χ1n) is 9.54. The minimum Gasteiger partial charge on any atom is -0.309 e. The predicted octanol–water partition coefficient (Wildman–Crippen LogP) is 5.09. The number of alkyl halides is 1. The Morgan fingerprint density at radius 1 is 1.21 bits per heavy atom. The summed E-state index contributed by atoms with van der Waals surface area (Å²) in [7, 11) is 0. The Morgan fingerprint density at radius 3 is 2.62 bits per heavy atom. The van der Waals surface area contributed by atoms with Crippen LogP contribution in [-0.2, 0) is 11.2 Å². The topological polar surface area (TPSA) is 20.3 Å².